The summed E-state index contributed by atoms with van der Waals surface area (Å²) in [6.45, 7) is 0. The first-order chi connectivity index (χ1) is 13.3. The van der Waals surface area contributed by atoms with Gasteiger partial charge >= 0.3 is 0 Å². The van der Waals surface area contributed by atoms with E-state index in [-0.39, 0.29) is 0 Å². The van der Waals surface area contributed by atoms with Gasteiger partial charge in [-0.3, -0.25) is 0 Å². The van der Waals surface area contributed by atoms with Gasteiger partial charge < -0.3 is 4.90 Å². The van der Waals surface area contributed by atoms with Crippen LogP contribution >= 0.6 is 0 Å². The average Bonchev–Trinajstić information content (AvgIpc) is 3.13. The smallest absolute Gasteiger partial charge is 0.0490 e. The van der Waals surface area contributed by atoms with Crippen molar-refractivity contribution in [3.63, 3.8) is 0 Å². The van der Waals surface area contributed by atoms with Gasteiger partial charge in [0.2, 0.25) is 0 Å². The highest BCUT2D eigenvalue weighted by Gasteiger charge is 2.22. The highest BCUT2D eigenvalue weighted by atomic mass is 15.1. The van der Waals surface area contributed by atoms with Gasteiger partial charge in [0, 0.05) is 24.0 Å². The van der Waals surface area contributed by atoms with E-state index in [1.54, 1.807) is 0 Å². The molecule has 0 saturated heterocycles. The van der Waals surface area contributed by atoms with E-state index < -0.39 is 0 Å². The summed E-state index contributed by atoms with van der Waals surface area (Å²) in [4.78, 5) is 2.30. The highest BCUT2D eigenvalue weighted by molar-refractivity contribution is 5.89. The molecular weight excluding hydrogens is 326 g/mol. The van der Waals surface area contributed by atoms with E-state index in [2.05, 4.69) is 109 Å². The van der Waals surface area contributed by atoms with Crippen LogP contribution in [0.5, 0.6) is 0 Å². The molecule has 27 heavy (non-hydrogen) atoms. The zero-order valence-electron chi connectivity index (χ0n) is 15.4. The lowest BCUT2D eigenvalue weighted by molar-refractivity contribution is 1.20. The Bertz CT molecular complexity index is 1090. The molecule has 0 bridgehead atoms. The Morgan fingerprint density at radius 1 is 0.593 bits per heavy atom. The minimum Gasteiger partial charge on any atom is -0.344 e. The van der Waals surface area contributed by atoms with Gasteiger partial charge in [0.1, 0.15) is 0 Å². The molecule has 1 heteroatoms. The normalized spacial score (nSPS) is 11.7. The minimum atomic E-state index is 1.03. The molecule has 0 aromatic heterocycles. The van der Waals surface area contributed by atoms with Gasteiger partial charge in [-0.25, -0.2) is 0 Å². The Labute approximate surface area is 160 Å². The summed E-state index contributed by atoms with van der Waals surface area (Å²) in [5.41, 5.74) is 10.6. The van der Waals surface area contributed by atoms with Crippen molar-refractivity contribution in [1.29, 1.82) is 0 Å². The molecule has 0 fully saturated rings. The van der Waals surface area contributed by atoms with Gasteiger partial charge in [-0.1, -0.05) is 78.9 Å². The monoisotopic (exact) mass is 347 g/mol. The molecule has 5 rings (SSSR count). The highest BCUT2D eigenvalue weighted by Crippen LogP contribution is 2.44. The SMILES string of the molecule is CN(c1ccc(-c2ccccc2)cc1)c1cccc2c1-c1ccccc1C2. The maximum atomic E-state index is 2.30. The minimum absolute atomic E-state index is 1.03. The number of rotatable bonds is 3. The topological polar surface area (TPSA) is 3.24 Å². The van der Waals surface area contributed by atoms with E-state index in [4.69, 9.17) is 0 Å². The molecule has 4 aromatic carbocycles. The quantitative estimate of drug-likeness (QED) is 0.351. The molecule has 0 saturated carbocycles. The van der Waals surface area contributed by atoms with Crippen LogP contribution in [0, 0.1) is 0 Å². The van der Waals surface area contributed by atoms with Crippen molar-refractivity contribution in [1.82, 2.24) is 0 Å². The molecule has 0 amide bonds. The number of anilines is 2. The van der Waals surface area contributed by atoms with Crippen LogP contribution in [0.3, 0.4) is 0 Å². The third-order valence-electron chi connectivity index (χ3n) is 5.52. The standard InChI is InChI=1S/C26H21N/c1-27(23-16-14-20(15-17-23)19-8-3-2-4-9-19)25-13-7-11-22-18-21-10-5-6-12-24(21)26(22)25/h2-17H,18H2,1H3. The van der Waals surface area contributed by atoms with Crippen molar-refractivity contribution in [3.05, 3.63) is 108 Å². The van der Waals surface area contributed by atoms with Crippen LogP contribution in [0.2, 0.25) is 0 Å². The van der Waals surface area contributed by atoms with Gasteiger partial charge in [-0.2, -0.15) is 0 Å². The van der Waals surface area contributed by atoms with Crippen LogP contribution in [-0.2, 0) is 6.42 Å². The van der Waals surface area contributed by atoms with Crippen molar-refractivity contribution < 1.29 is 0 Å². The van der Waals surface area contributed by atoms with Crippen molar-refractivity contribution in [2.24, 2.45) is 0 Å². The molecule has 0 aliphatic heterocycles. The summed E-state index contributed by atoms with van der Waals surface area (Å²) in [6, 6.07) is 34.8. The first kappa shape index (κ1) is 15.9. The molecule has 0 N–H and O–H groups in total. The lowest BCUT2D eigenvalue weighted by Gasteiger charge is -2.23. The number of nitrogens with zero attached hydrogens (tertiary/aromatic N) is 1. The lowest BCUT2D eigenvalue weighted by Crippen LogP contribution is -2.10. The van der Waals surface area contributed by atoms with Gasteiger partial charge in [0.05, 0.1) is 0 Å². The second-order valence-corrected chi connectivity index (χ2v) is 7.12. The van der Waals surface area contributed by atoms with Gasteiger partial charge in [-0.15, -0.1) is 0 Å². The van der Waals surface area contributed by atoms with Crippen molar-refractivity contribution in [3.8, 4) is 22.3 Å². The van der Waals surface area contributed by atoms with Gasteiger partial charge in [0.25, 0.3) is 0 Å². The maximum Gasteiger partial charge on any atom is 0.0490 e. The van der Waals surface area contributed by atoms with Crippen molar-refractivity contribution >= 4 is 11.4 Å². The van der Waals surface area contributed by atoms with E-state index in [9.17, 15) is 0 Å². The summed E-state index contributed by atoms with van der Waals surface area (Å²) < 4.78 is 0. The predicted octanol–water partition coefficient (Wildman–Crippen LogP) is 6.69. The van der Waals surface area contributed by atoms with E-state index in [0.29, 0.717) is 0 Å². The Balaban J connectivity index is 1.53. The molecule has 0 atom stereocenters. The molecule has 1 aliphatic rings. The van der Waals surface area contributed by atoms with Crippen LogP contribution in [0.25, 0.3) is 22.3 Å². The second kappa shape index (κ2) is 6.44. The van der Waals surface area contributed by atoms with E-state index in [0.717, 1.165) is 6.42 Å². The van der Waals surface area contributed by atoms with Crippen LogP contribution in [-0.4, -0.2) is 7.05 Å². The predicted molar refractivity (Wildman–Crippen MR) is 115 cm³/mol. The molecule has 4 aromatic rings. The summed E-state index contributed by atoms with van der Waals surface area (Å²) in [7, 11) is 2.16. The summed E-state index contributed by atoms with van der Waals surface area (Å²) >= 11 is 0. The molecule has 0 heterocycles. The third kappa shape index (κ3) is 2.72. The van der Waals surface area contributed by atoms with Crippen molar-refractivity contribution in [2.45, 2.75) is 6.42 Å². The van der Waals surface area contributed by atoms with Crippen LogP contribution < -0.4 is 4.90 Å². The lowest BCUT2D eigenvalue weighted by atomic mass is 10.0. The Morgan fingerprint density at radius 2 is 1.26 bits per heavy atom. The average molecular weight is 347 g/mol. The fourth-order valence-corrected chi connectivity index (χ4v) is 4.10. The number of benzene rings is 4. The van der Waals surface area contributed by atoms with E-state index >= 15 is 0 Å². The first-order valence-electron chi connectivity index (χ1n) is 9.40. The molecular formula is C26H21N. The number of fused-ring (bicyclic) bond motifs is 3. The summed E-state index contributed by atoms with van der Waals surface area (Å²) in [6.07, 6.45) is 1.03. The fourth-order valence-electron chi connectivity index (χ4n) is 4.10. The van der Waals surface area contributed by atoms with Crippen molar-refractivity contribution in [2.75, 3.05) is 11.9 Å². The first-order valence-corrected chi connectivity index (χ1v) is 9.40. The van der Waals surface area contributed by atoms with E-state index in [1.165, 1.54) is 44.8 Å². The van der Waals surface area contributed by atoms with Gasteiger partial charge in [-0.05, 0) is 52.4 Å². The second-order valence-electron chi connectivity index (χ2n) is 7.12. The maximum absolute atomic E-state index is 2.30. The number of hydrogen-bond donors (Lipinski definition) is 0. The van der Waals surface area contributed by atoms with E-state index in [1.807, 2.05) is 0 Å². The van der Waals surface area contributed by atoms with Crippen LogP contribution in [0.15, 0.2) is 97.1 Å². The van der Waals surface area contributed by atoms with Gasteiger partial charge in [0.15, 0.2) is 0 Å². The zero-order valence-corrected chi connectivity index (χ0v) is 15.4. The Hall–Kier alpha value is -3.32. The molecule has 0 spiro atoms. The summed E-state index contributed by atoms with van der Waals surface area (Å²) in [5.74, 6) is 0. The molecule has 0 unspecified atom stereocenters. The molecule has 0 radical (unpaired) electrons. The zero-order chi connectivity index (χ0) is 18.2. The fraction of sp³-hybridized carbons (Fsp3) is 0.0769. The molecule has 1 aliphatic carbocycles. The Morgan fingerprint density at radius 3 is 2.07 bits per heavy atom. The third-order valence-corrected chi connectivity index (χ3v) is 5.52. The Kier molecular flexibility index (Phi) is 3.79. The molecule has 130 valence electrons. The largest absolute Gasteiger partial charge is 0.344 e. The molecule has 1 nitrogen and oxygen atoms in total. The van der Waals surface area contributed by atoms with Crippen LogP contribution in [0.4, 0.5) is 11.4 Å². The van der Waals surface area contributed by atoms with Crippen LogP contribution in [0.1, 0.15) is 11.1 Å². The number of hydrogen-bond acceptors (Lipinski definition) is 1. The summed E-state index contributed by atoms with van der Waals surface area (Å²) in [5, 5.41) is 0.